The van der Waals surface area contributed by atoms with Crippen LogP contribution >= 0.6 is 0 Å². The summed E-state index contributed by atoms with van der Waals surface area (Å²) < 4.78 is 42.6. The quantitative estimate of drug-likeness (QED) is 0.381. The van der Waals surface area contributed by atoms with Gasteiger partial charge in [-0.2, -0.15) is 0 Å². The van der Waals surface area contributed by atoms with E-state index < -0.39 is 34.3 Å². The van der Waals surface area contributed by atoms with Gasteiger partial charge in [-0.1, -0.05) is 6.92 Å². The Labute approximate surface area is 155 Å². The first-order chi connectivity index (χ1) is 12.1. The van der Waals surface area contributed by atoms with Gasteiger partial charge in [0.05, 0.1) is 5.41 Å². The van der Waals surface area contributed by atoms with Gasteiger partial charge in [0.25, 0.3) is 11.0 Å². The molecule has 2 fully saturated rings. The summed E-state index contributed by atoms with van der Waals surface area (Å²) in [4.78, 5) is 23.8. The van der Waals surface area contributed by atoms with Gasteiger partial charge < -0.3 is 14.2 Å². The van der Waals surface area contributed by atoms with Gasteiger partial charge in [0.2, 0.25) is 0 Å². The van der Waals surface area contributed by atoms with E-state index >= 15 is 0 Å². The summed E-state index contributed by atoms with van der Waals surface area (Å²) in [6.45, 7) is 6.92. The number of ether oxygens (including phenoxy) is 3. The molecule has 0 aromatic rings. The zero-order valence-corrected chi connectivity index (χ0v) is 16.6. The number of hydrogen-bond donors (Lipinski definition) is 1. The minimum Gasteiger partial charge on any atom is -0.462 e. The van der Waals surface area contributed by atoms with Gasteiger partial charge in [-0.25, -0.2) is 13.2 Å². The summed E-state index contributed by atoms with van der Waals surface area (Å²) >= 11 is 0. The summed E-state index contributed by atoms with van der Waals surface area (Å²) in [7, 11) is -3.05. The molecule has 0 N–H and O–H groups in total. The molecule has 0 heterocycles. The number of carbonyl (C=O) groups excluding carboxylic acids is 2. The number of rotatable bonds is 8. The molecule has 0 radical (unpaired) electrons. The normalized spacial score (nSPS) is 30.4. The molecule has 9 heteroatoms. The van der Waals surface area contributed by atoms with Crippen molar-refractivity contribution in [3.05, 3.63) is 0 Å². The zero-order chi connectivity index (χ0) is 19.5. The van der Waals surface area contributed by atoms with Crippen molar-refractivity contribution in [2.45, 2.75) is 65.1 Å². The van der Waals surface area contributed by atoms with Gasteiger partial charge in [-0.05, 0) is 58.3 Å². The molecule has 0 aliphatic heterocycles. The third kappa shape index (κ3) is 4.49. The molecule has 0 saturated heterocycles. The topological polar surface area (TPSA) is 105 Å². The molecule has 150 valence electrons. The maximum absolute atomic E-state index is 12.0. The van der Waals surface area contributed by atoms with Crippen LogP contribution in [0.3, 0.4) is 0 Å². The molecule has 0 amide bonds. The highest BCUT2D eigenvalue weighted by molar-refractivity contribution is 7.67. The first-order valence-electron chi connectivity index (χ1n) is 8.94. The Morgan fingerprint density at radius 3 is 2.42 bits per heavy atom. The van der Waals surface area contributed by atoms with E-state index in [-0.39, 0.29) is 31.0 Å². The van der Waals surface area contributed by atoms with Crippen LogP contribution < -0.4 is 0 Å². The molecule has 0 aromatic heterocycles. The average molecular weight is 392 g/mol. The van der Waals surface area contributed by atoms with E-state index in [0.29, 0.717) is 6.42 Å². The van der Waals surface area contributed by atoms with E-state index in [9.17, 15) is 18.0 Å². The van der Waals surface area contributed by atoms with Gasteiger partial charge in [0.15, 0.2) is 0 Å². The average Bonchev–Trinajstić information content (AvgIpc) is 3.13. The molecular formula is C17H28O8S. The lowest BCUT2D eigenvalue weighted by Crippen LogP contribution is -2.49. The minimum atomic E-state index is -3.05. The molecule has 26 heavy (non-hydrogen) atoms. The van der Waals surface area contributed by atoms with E-state index in [1.807, 2.05) is 6.92 Å². The van der Waals surface area contributed by atoms with Crippen molar-refractivity contribution in [1.29, 1.82) is 0 Å². The third-order valence-electron chi connectivity index (χ3n) is 5.74. The van der Waals surface area contributed by atoms with Crippen LogP contribution in [0.2, 0.25) is 0 Å². The van der Waals surface area contributed by atoms with Crippen molar-refractivity contribution in [1.82, 2.24) is 0 Å². The molecule has 2 aliphatic carbocycles. The lowest BCUT2D eigenvalue weighted by atomic mass is 9.83. The number of carbonyl (C=O) groups is 2. The van der Waals surface area contributed by atoms with E-state index in [4.69, 9.17) is 18.4 Å². The molecule has 2 aliphatic rings. The van der Waals surface area contributed by atoms with Crippen LogP contribution in [0.15, 0.2) is 0 Å². The Balaban J connectivity index is 1.81. The summed E-state index contributed by atoms with van der Waals surface area (Å²) in [5.41, 5.74) is -1.63. The highest BCUT2D eigenvalue weighted by Crippen LogP contribution is 2.54. The van der Waals surface area contributed by atoms with Gasteiger partial charge in [0.1, 0.15) is 24.9 Å². The maximum Gasteiger partial charge on any atom is 0.508 e. The summed E-state index contributed by atoms with van der Waals surface area (Å²) in [5, 5.41) is 0. The lowest BCUT2D eigenvalue weighted by Gasteiger charge is -2.37. The fraction of sp³-hybridized carbons (Fsp3) is 0.882. The largest absolute Gasteiger partial charge is 0.508 e. The van der Waals surface area contributed by atoms with E-state index in [0.717, 1.165) is 19.3 Å². The minimum absolute atomic E-state index is 0.0374. The highest BCUT2D eigenvalue weighted by Gasteiger charge is 2.59. The molecule has 2 bridgehead atoms. The summed E-state index contributed by atoms with van der Waals surface area (Å²) in [6, 6.07) is 0. The number of thiol groups is 1. The number of esters is 1. The van der Waals surface area contributed by atoms with Crippen LogP contribution in [0, 0.1) is 17.3 Å². The monoisotopic (exact) mass is 392 g/mol. The van der Waals surface area contributed by atoms with Gasteiger partial charge >= 0.3 is 12.1 Å². The highest BCUT2D eigenvalue weighted by atomic mass is 32.2. The molecule has 2 rings (SSSR count). The Kier molecular flexibility index (Phi) is 6.55. The molecule has 0 spiro atoms. The van der Waals surface area contributed by atoms with Crippen LogP contribution in [0.25, 0.3) is 0 Å². The Morgan fingerprint density at radius 1 is 1.15 bits per heavy atom. The first-order valence-corrected chi connectivity index (χ1v) is 10.0. The second-order valence-electron chi connectivity index (χ2n) is 7.78. The van der Waals surface area contributed by atoms with Crippen LogP contribution in [-0.2, 0) is 34.2 Å². The van der Waals surface area contributed by atoms with Crippen molar-refractivity contribution >= 4 is 23.1 Å². The van der Waals surface area contributed by atoms with Gasteiger partial charge in [-0.15, -0.1) is 0 Å². The van der Waals surface area contributed by atoms with Crippen LogP contribution in [-0.4, -0.2) is 45.5 Å². The third-order valence-corrected chi connectivity index (χ3v) is 6.29. The predicted molar refractivity (Wildman–Crippen MR) is 91.9 cm³/mol. The molecule has 4 atom stereocenters. The second-order valence-corrected chi connectivity index (χ2v) is 8.41. The lowest BCUT2D eigenvalue weighted by molar-refractivity contribution is -0.155. The second kappa shape index (κ2) is 8.12. The fourth-order valence-electron chi connectivity index (χ4n) is 3.75. The number of hydrogen-bond acceptors (Lipinski definition) is 8. The molecule has 2 saturated carbocycles. The predicted octanol–water partition coefficient (Wildman–Crippen LogP) is 2.22. The van der Waals surface area contributed by atoms with E-state index in [1.54, 1.807) is 20.8 Å². The van der Waals surface area contributed by atoms with Crippen LogP contribution in [0.4, 0.5) is 4.79 Å². The standard InChI is InChI=1S/C17H28O8S/c1-5-16(2,3)14(18)22-8-9-23-15(19)24-13-11-6-7-12(10-11)17(13,4)25-26(20)21/h11-13,26H,5-10H2,1-4H3. The van der Waals surface area contributed by atoms with Crippen molar-refractivity contribution in [2.24, 2.45) is 17.3 Å². The first kappa shape index (κ1) is 21.0. The van der Waals surface area contributed by atoms with Gasteiger partial charge in [-0.3, -0.25) is 8.98 Å². The Bertz CT molecular complexity index is 606. The molecule has 4 unspecified atom stereocenters. The van der Waals surface area contributed by atoms with Crippen LogP contribution in [0.5, 0.6) is 0 Å². The van der Waals surface area contributed by atoms with Crippen molar-refractivity contribution < 1.29 is 36.4 Å². The van der Waals surface area contributed by atoms with Crippen LogP contribution in [0.1, 0.15) is 53.4 Å². The Hall–Kier alpha value is -1.35. The van der Waals surface area contributed by atoms with E-state index in [2.05, 4.69) is 0 Å². The van der Waals surface area contributed by atoms with Gasteiger partial charge in [0, 0.05) is 0 Å². The fourth-order valence-corrected chi connectivity index (χ4v) is 4.32. The van der Waals surface area contributed by atoms with Crippen molar-refractivity contribution in [3.63, 3.8) is 0 Å². The Morgan fingerprint density at radius 2 is 1.81 bits per heavy atom. The number of fused-ring (bicyclic) bond motifs is 2. The van der Waals surface area contributed by atoms with Crippen molar-refractivity contribution in [2.75, 3.05) is 13.2 Å². The smallest absolute Gasteiger partial charge is 0.462 e. The molecule has 8 nitrogen and oxygen atoms in total. The maximum atomic E-state index is 12.0. The summed E-state index contributed by atoms with van der Waals surface area (Å²) in [6.07, 6.45) is 1.54. The zero-order valence-electron chi connectivity index (χ0n) is 15.7. The molecular weight excluding hydrogens is 364 g/mol. The SMILES string of the molecule is CCC(C)(C)C(=O)OCCOC(=O)OC1C2CCC(C2)C1(C)O[SH](=O)=O. The summed E-state index contributed by atoms with van der Waals surface area (Å²) in [5.74, 6) is -0.253. The van der Waals surface area contributed by atoms with Crippen molar-refractivity contribution in [3.8, 4) is 0 Å². The van der Waals surface area contributed by atoms with E-state index in [1.165, 1.54) is 0 Å². The molecule has 0 aromatic carbocycles.